The van der Waals surface area contributed by atoms with Gasteiger partial charge in [0.1, 0.15) is 0 Å². The van der Waals surface area contributed by atoms with Crippen molar-refractivity contribution in [2.45, 2.75) is 24.4 Å². The summed E-state index contributed by atoms with van der Waals surface area (Å²) in [7, 11) is 2.10. The average molecular weight is 325 g/mol. The highest BCUT2D eigenvalue weighted by Crippen LogP contribution is 2.38. The number of rotatable bonds is 4. The predicted octanol–water partition coefficient (Wildman–Crippen LogP) is 2.82. The summed E-state index contributed by atoms with van der Waals surface area (Å²) in [5.41, 5.74) is -0.211. The third kappa shape index (κ3) is 2.95. The van der Waals surface area contributed by atoms with Crippen molar-refractivity contribution in [2.24, 2.45) is 0 Å². The van der Waals surface area contributed by atoms with Gasteiger partial charge in [0.2, 0.25) is 5.60 Å². The number of likely N-dealkylation sites (tertiary alicyclic amines) is 1. The molecule has 1 saturated heterocycles. The molecule has 1 atom stereocenters. The molecule has 1 aliphatic rings. The van der Waals surface area contributed by atoms with E-state index in [1.54, 1.807) is 36.4 Å². The molecule has 2 N–H and O–H groups in total. The number of nitrogens with zero attached hydrogens (tertiary/aromatic N) is 1. The first-order valence-corrected chi connectivity index (χ1v) is 8.32. The molecule has 4 heteroatoms. The molecule has 1 unspecified atom stereocenters. The first-order valence-electron chi connectivity index (χ1n) is 8.32. The highest BCUT2D eigenvalue weighted by molar-refractivity contribution is 5.84. The van der Waals surface area contributed by atoms with Gasteiger partial charge in [0, 0.05) is 5.56 Å². The van der Waals surface area contributed by atoms with Crippen LogP contribution in [0.1, 0.15) is 35.4 Å². The first-order chi connectivity index (χ1) is 11.5. The van der Waals surface area contributed by atoms with Crippen LogP contribution in [0.4, 0.5) is 0 Å². The maximum atomic E-state index is 12.1. The van der Waals surface area contributed by atoms with E-state index in [0.29, 0.717) is 11.1 Å². The quantitative estimate of drug-likeness (QED) is 0.907. The molecule has 1 fully saturated rings. The van der Waals surface area contributed by atoms with Gasteiger partial charge in [-0.3, -0.25) is 0 Å². The van der Waals surface area contributed by atoms with Gasteiger partial charge in [0.25, 0.3) is 0 Å². The van der Waals surface area contributed by atoms with Crippen molar-refractivity contribution in [1.82, 2.24) is 4.90 Å². The Labute approximate surface area is 142 Å². The summed E-state index contributed by atoms with van der Waals surface area (Å²) in [6, 6.07) is 16.1. The Bertz CT molecular complexity index is 708. The summed E-state index contributed by atoms with van der Waals surface area (Å²) >= 11 is 0. The van der Waals surface area contributed by atoms with Crippen LogP contribution < -0.4 is 0 Å². The lowest BCUT2D eigenvalue weighted by Crippen LogP contribution is -2.39. The molecule has 1 aliphatic heterocycles. The van der Waals surface area contributed by atoms with Crippen LogP contribution in [-0.2, 0) is 10.4 Å². The second kappa shape index (κ2) is 6.75. The fraction of sp³-hybridized carbons (Fsp3) is 0.350. The third-order valence-electron chi connectivity index (χ3n) is 5.01. The van der Waals surface area contributed by atoms with E-state index in [2.05, 4.69) is 11.9 Å². The molecule has 2 aromatic rings. The van der Waals surface area contributed by atoms with Gasteiger partial charge in [0.15, 0.2) is 0 Å². The van der Waals surface area contributed by atoms with Gasteiger partial charge in [-0.05, 0) is 50.0 Å². The molecule has 0 bridgehead atoms. The normalized spacial score (nSPS) is 18.9. The lowest BCUT2D eigenvalue weighted by Gasteiger charge is -2.33. The number of aliphatic hydroxyl groups is 1. The van der Waals surface area contributed by atoms with Crippen LogP contribution in [0, 0.1) is 0 Å². The fourth-order valence-corrected chi connectivity index (χ4v) is 3.58. The second-order valence-corrected chi connectivity index (χ2v) is 6.55. The summed E-state index contributed by atoms with van der Waals surface area (Å²) in [5, 5.41) is 21.0. The molecule has 2 aromatic carbocycles. The molecule has 126 valence electrons. The molecule has 3 rings (SSSR count). The van der Waals surface area contributed by atoms with Crippen LogP contribution >= 0.6 is 0 Å². The maximum Gasteiger partial charge on any atom is 0.345 e. The van der Waals surface area contributed by atoms with Crippen LogP contribution in [0.15, 0.2) is 54.6 Å². The van der Waals surface area contributed by atoms with Gasteiger partial charge in [-0.1, -0.05) is 54.6 Å². The van der Waals surface area contributed by atoms with Gasteiger partial charge in [-0.15, -0.1) is 0 Å². The number of benzene rings is 2. The summed E-state index contributed by atoms with van der Waals surface area (Å²) in [4.78, 5) is 14.3. The highest BCUT2D eigenvalue weighted by Gasteiger charge is 2.42. The molecule has 1 heterocycles. The number of carboxylic acids is 1. The van der Waals surface area contributed by atoms with Gasteiger partial charge in [0.05, 0.1) is 0 Å². The smallest absolute Gasteiger partial charge is 0.345 e. The zero-order chi connectivity index (χ0) is 17.2. The lowest BCUT2D eigenvalue weighted by atomic mass is 9.78. The Morgan fingerprint density at radius 1 is 1.04 bits per heavy atom. The van der Waals surface area contributed by atoms with E-state index in [9.17, 15) is 15.0 Å². The number of piperidine rings is 1. The van der Waals surface area contributed by atoms with E-state index >= 15 is 0 Å². The van der Waals surface area contributed by atoms with Crippen LogP contribution in [0.2, 0.25) is 0 Å². The minimum absolute atomic E-state index is 0.270. The zero-order valence-electron chi connectivity index (χ0n) is 13.9. The minimum atomic E-state index is -2.03. The Morgan fingerprint density at radius 3 is 2.25 bits per heavy atom. The molecule has 0 aromatic heterocycles. The lowest BCUT2D eigenvalue weighted by molar-refractivity contribution is -0.155. The zero-order valence-corrected chi connectivity index (χ0v) is 13.9. The van der Waals surface area contributed by atoms with Crippen molar-refractivity contribution in [3.05, 3.63) is 71.3 Å². The van der Waals surface area contributed by atoms with Crippen molar-refractivity contribution in [1.29, 1.82) is 0 Å². The Balaban J connectivity index is 2.08. The molecule has 24 heavy (non-hydrogen) atoms. The minimum Gasteiger partial charge on any atom is -0.479 e. The summed E-state index contributed by atoms with van der Waals surface area (Å²) in [5.74, 6) is -0.971. The Morgan fingerprint density at radius 2 is 1.62 bits per heavy atom. The Kier molecular flexibility index (Phi) is 4.69. The van der Waals surface area contributed by atoms with E-state index < -0.39 is 11.6 Å². The Hall–Kier alpha value is -2.17. The van der Waals surface area contributed by atoms with E-state index in [1.807, 2.05) is 18.2 Å². The third-order valence-corrected chi connectivity index (χ3v) is 5.01. The van der Waals surface area contributed by atoms with Crippen LogP contribution in [0.5, 0.6) is 0 Å². The molecule has 0 spiro atoms. The monoisotopic (exact) mass is 325 g/mol. The predicted molar refractivity (Wildman–Crippen MR) is 93.0 cm³/mol. The summed E-state index contributed by atoms with van der Waals surface area (Å²) in [6.07, 6.45) is 1.94. The second-order valence-electron chi connectivity index (χ2n) is 6.55. The summed E-state index contributed by atoms with van der Waals surface area (Å²) in [6.45, 7) is 1.96. The molecular formula is C20H23NO3. The SMILES string of the molecule is CN1CCC(c2ccccc2C(O)(C(=O)O)c2ccccc2)CC1. The summed E-state index contributed by atoms with van der Waals surface area (Å²) < 4.78 is 0. The topological polar surface area (TPSA) is 60.8 Å². The molecule has 0 saturated carbocycles. The van der Waals surface area contributed by atoms with Crippen LogP contribution in [-0.4, -0.2) is 41.2 Å². The van der Waals surface area contributed by atoms with Crippen molar-refractivity contribution in [3.8, 4) is 0 Å². The highest BCUT2D eigenvalue weighted by atomic mass is 16.4. The molecule has 4 nitrogen and oxygen atoms in total. The number of hydrogen-bond donors (Lipinski definition) is 2. The van der Waals surface area contributed by atoms with Crippen molar-refractivity contribution >= 4 is 5.97 Å². The van der Waals surface area contributed by atoms with Crippen LogP contribution in [0.3, 0.4) is 0 Å². The molecular weight excluding hydrogens is 302 g/mol. The van der Waals surface area contributed by atoms with E-state index in [-0.39, 0.29) is 5.92 Å². The van der Waals surface area contributed by atoms with Crippen molar-refractivity contribution < 1.29 is 15.0 Å². The van der Waals surface area contributed by atoms with Gasteiger partial charge in [-0.25, -0.2) is 4.79 Å². The molecule has 0 radical (unpaired) electrons. The number of carboxylic acid groups (broad SMARTS) is 1. The van der Waals surface area contributed by atoms with E-state index in [4.69, 9.17) is 0 Å². The van der Waals surface area contributed by atoms with Gasteiger partial charge < -0.3 is 15.1 Å². The van der Waals surface area contributed by atoms with Crippen molar-refractivity contribution in [2.75, 3.05) is 20.1 Å². The number of carbonyl (C=O) groups is 1. The number of hydrogen-bond acceptors (Lipinski definition) is 3. The van der Waals surface area contributed by atoms with Crippen molar-refractivity contribution in [3.63, 3.8) is 0 Å². The average Bonchev–Trinajstić information content (AvgIpc) is 2.62. The molecule has 0 amide bonds. The van der Waals surface area contributed by atoms with Gasteiger partial charge >= 0.3 is 5.97 Å². The molecule has 0 aliphatic carbocycles. The fourth-order valence-electron chi connectivity index (χ4n) is 3.58. The van der Waals surface area contributed by atoms with E-state index in [0.717, 1.165) is 31.5 Å². The van der Waals surface area contributed by atoms with Crippen LogP contribution in [0.25, 0.3) is 0 Å². The first kappa shape index (κ1) is 16.7. The van der Waals surface area contributed by atoms with Gasteiger partial charge in [-0.2, -0.15) is 0 Å². The largest absolute Gasteiger partial charge is 0.479 e. The standard InChI is InChI=1S/C20H23NO3/c1-21-13-11-15(12-14-21)17-9-5-6-10-18(17)20(24,19(22)23)16-7-3-2-4-8-16/h2-10,15,24H,11-14H2,1H3,(H,22,23). The maximum absolute atomic E-state index is 12.1. The number of aliphatic carboxylic acids is 1. The van der Waals surface area contributed by atoms with E-state index in [1.165, 1.54) is 0 Å².